The summed E-state index contributed by atoms with van der Waals surface area (Å²) < 4.78 is 5.49. The topological polar surface area (TPSA) is 49.8 Å². The molecule has 0 spiro atoms. The van der Waals surface area contributed by atoms with Crippen LogP contribution in [0.25, 0.3) is 5.57 Å². The summed E-state index contributed by atoms with van der Waals surface area (Å²) in [6.45, 7) is 5.34. The number of piperidine rings is 1. The Morgan fingerprint density at radius 2 is 1.76 bits per heavy atom. The van der Waals surface area contributed by atoms with E-state index in [0.29, 0.717) is 5.92 Å². The third kappa shape index (κ3) is 5.05. The number of allylic oxidation sites excluding steroid dienone is 2. The number of hydrogen-bond acceptors (Lipinski definition) is 5. The molecule has 2 aliphatic rings. The fourth-order valence-corrected chi connectivity index (χ4v) is 4.89. The van der Waals surface area contributed by atoms with Crippen LogP contribution in [0, 0.1) is 12.8 Å². The zero-order valence-electron chi connectivity index (χ0n) is 19.9. The Morgan fingerprint density at radius 1 is 1.00 bits per heavy atom. The number of hydrogen-bond donors (Lipinski definition) is 1. The van der Waals surface area contributed by atoms with Crippen LogP contribution in [0.1, 0.15) is 41.3 Å². The second-order valence-corrected chi connectivity index (χ2v) is 9.20. The highest BCUT2D eigenvalue weighted by molar-refractivity contribution is 6.11. The summed E-state index contributed by atoms with van der Waals surface area (Å²) in [7, 11) is 1.71. The number of aromatic nitrogens is 1. The van der Waals surface area contributed by atoms with Crippen LogP contribution in [0.2, 0.25) is 0 Å². The first-order valence-corrected chi connectivity index (χ1v) is 12.1. The first-order valence-electron chi connectivity index (χ1n) is 12.1. The van der Waals surface area contributed by atoms with Crippen LogP contribution in [-0.2, 0) is 6.54 Å². The van der Waals surface area contributed by atoms with Gasteiger partial charge in [-0.1, -0.05) is 42.0 Å². The summed E-state index contributed by atoms with van der Waals surface area (Å²) in [4.78, 5) is 11.6. The lowest BCUT2D eigenvalue weighted by Crippen LogP contribution is -2.38. The molecule has 1 aromatic heterocycles. The molecule has 2 aliphatic heterocycles. The Balaban J connectivity index is 1.37. The lowest BCUT2D eigenvalue weighted by molar-refractivity contribution is 0.187. The van der Waals surface area contributed by atoms with Crippen molar-refractivity contribution in [3.63, 3.8) is 0 Å². The minimum Gasteiger partial charge on any atom is -0.497 e. The van der Waals surface area contributed by atoms with E-state index in [1.165, 1.54) is 22.4 Å². The monoisotopic (exact) mass is 452 g/mol. The number of ether oxygens (including phenoxy) is 1. The van der Waals surface area contributed by atoms with Crippen LogP contribution < -0.4 is 10.1 Å². The summed E-state index contributed by atoms with van der Waals surface area (Å²) in [6, 6.07) is 21.3. The molecule has 0 bridgehead atoms. The van der Waals surface area contributed by atoms with Gasteiger partial charge in [0.25, 0.3) is 0 Å². The van der Waals surface area contributed by atoms with Crippen LogP contribution in [0.15, 0.2) is 83.7 Å². The minimum absolute atomic E-state index is 0.0852. The zero-order chi connectivity index (χ0) is 23.3. The number of methoxy groups -OCH3 is 1. The Bertz CT molecular complexity index is 1160. The molecule has 5 heteroatoms. The molecule has 5 rings (SSSR count). The maximum atomic E-state index is 5.49. The minimum atomic E-state index is -0.0852. The zero-order valence-corrected chi connectivity index (χ0v) is 19.9. The van der Waals surface area contributed by atoms with Crippen LogP contribution in [0.3, 0.4) is 0 Å². The van der Waals surface area contributed by atoms with Crippen LogP contribution >= 0.6 is 0 Å². The molecule has 0 amide bonds. The average Bonchev–Trinajstić information content (AvgIpc) is 2.91. The maximum absolute atomic E-state index is 5.49. The molecule has 34 heavy (non-hydrogen) atoms. The van der Waals surface area contributed by atoms with Gasteiger partial charge in [0.1, 0.15) is 11.9 Å². The largest absolute Gasteiger partial charge is 0.497 e. The van der Waals surface area contributed by atoms with E-state index in [1.54, 1.807) is 7.11 Å². The summed E-state index contributed by atoms with van der Waals surface area (Å²) in [6.07, 6.45) is 7.87. The molecule has 1 saturated heterocycles. The number of nitrogens with one attached hydrogen (secondary N) is 1. The number of aryl methyl sites for hydroxylation is 1. The molecular formula is C29H32N4O. The van der Waals surface area contributed by atoms with Gasteiger partial charge in [0, 0.05) is 42.3 Å². The van der Waals surface area contributed by atoms with Crippen molar-refractivity contribution in [1.82, 2.24) is 15.2 Å². The summed E-state index contributed by atoms with van der Waals surface area (Å²) in [5.74, 6) is 1.33. The second-order valence-electron chi connectivity index (χ2n) is 9.20. The van der Waals surface area contributed by atoms with Gasteiger partial charge in [-0.25, -0.2) is 0 Å². The van der Waals surface area contributed by atoms with E-state index in [2.05, 4.69) is 58.5 Å². The lowest BCUT2D eigenvalue weighted by atomic mass is 9.87. The molecule has 1 fully saturated rings. The molecule has 0 aliphatic carbocycles. The Morgan fingerprint density at radius 3 is 2.50 bits per heavy atom. The Labute approximate surface area is 202 Å². The quantitative estimate of drug-likeness (QED) is 0.544. The Kier molecular flexibility index (Phi) is 6.72. The van der Waals surface area contributed by atoms with Gasteiger partial charge in [0.2, 0.25) is 0 Å². The number of nitrogens with zero attached hydrogens (tertiary/aromatic N) is 3. The highest BCUT2D eigenvalue weighted by atomic mass is 16.5. The highest BCUT2D eigenvalue weighted by Crippen LogP contribution is 2.34. The van der Waals surface area contributed by atoms with Gasteiger partial charge in [0.05, 0.1) is 7.11 Å². The van der Waals surface area contributed by atoms with Gasteiger partial charge < -0.3 is 10.1 Å². The number of benzene rings is 2. The van der Waals surface area contributed by atoms with Crippen LogP contribution in [-0.4, -0.2) is 36.3 Å². The van der Waals surface area contributed by atoms with E-state index < -0.39 is 0 Å². The van der Waals surface area contributed by atoms with Gasteiger partial charge in [0.15, 0.2) is 0 Å². The van der Waals surface area contributed by atoms with Crippen molar-refractivity contribution in [3.8, 4) is 5.75 Å². The lowest BCUT2D eigenvalue weighted by Gasteiger charge is -2.36. The SMILES string of the molecule is COc1cccc(C2=C(C3CCN(Cc4ccc(C)cc4)CC3)NC(c3ccncc3)N=C2)c1. The highest BCUT2D eigenvalue weighted by Gasteiger charge is 2.28. The van der Waals surface area contributed by atoms with Gasteiger partial charge in [-0.2, -0.15) is 0 Å². The average molecular weight is 453 g/mol. The van der Waals surface area contributed by atoms with Crippen molar-refractivity contribution >= 4 is 11.8 Å². The van der Waals surface area contributed by atoms with E-state index in [4.69, 9.17) is 9.73 Å². The van der Waals surface area contributed by atoms with E-state index in [9.17, 15) is 0 Å². The molecule has 1 atom stereocenters. The fourth-order valence-electron chi connectivity index (χ4n) is 4.89. The van der Waals surface area contributed by atoms with Gasteiger partial charge in [-0.15, -0.1) is 0 Å². The number of likely N-dealkylation sites (tertiary alicyclic amines) is 1. The molecule has 1 unspecified atom stereocenters. The summed E-state index contributed by atoms with van der Waals surface area (Å²) in [5, 5.41) is 3.79. The Hall–Kier alpha value is -3.44. The number of aliphatic imine (C=N–C) groups is 1. The van der Waals surface area contributed by atoms with Crippen molar-refractivity contribution in [2.75, 3.05) is 20.2 Å². The summed E-state index contributed by atoms with van der Waals surface area (Å²) >= 11 is 0. The maximum Gasteiger partial charge on any atom is 0.144 e. The van der Waals surface area contributed by atoms with Gasteiger partial charge in [-0.05, 0) is 73.8 Å². The van der Waals surface area contributed by atoms with Gasteiger partial charge in [-0.3, -0.25) is 14.9 Å². The van der Waals surface area contributed by atoms with E-state index >= 15 is 0 Å². The van der Waals surface area contributed by atoms with Crippen molar-refractivity contribution in [2.24, 2.45) is 10.9 Å². The standard InChI is InChI=1S/C29H32N4O/c1-21-6-8-22(9-7-21)20-33-16-12-23(13-17-33)28-27(25-4-3-5-26(18-25)34-2)19-31-29(32-28)24-10-14-30-15-11-24/h3-11,14-15,18-19,23,29,32H,12-13,16-17,20H2,1-2H3. The van der Waals surface area contributed by atoms with E-state index in [1.807, 2.05) is 42.9 Å². The van der Waals surface area contributed by atoms with Crippen molar-refractivity contribution in [2.45, 2.75) is 32.5 Å². The molecule has 5 nitrogen and oxygen atoms in total. The number of rotatable bonds is 6. The van der Waals surface area contributed by atoms with Crippen LogP contribution in [0.4, 0.5) is 0 Å². The molecule has 2 aromatic carbocycles. The third-order valence-electron chi connectivity index (χ3n) is 6.86. The molecule has 174 valence electrons. The predicted octanol–water partition coefficient (Wildman–Crippen LogP) is 5.39. The van der Waals surface area contributed by atoms with E-state index in [-0.39, 0.29) is 6.17 Å². The van der Waals surface area contributed by atoms with Crippen molar-refractivity contribution in [1.29, 1.82) is 0 Å². The van der Waals surface area contributed by atoms with Crippen molar-refractivity contribution < 1.29 is 4.74 Å². The predicted molar refractivity (Wildman–Crippen MR) is 138 cm³/mol. The molecule has 3 aromatic rings. The molecule has 1 N–H and O–H groups in total. The molecular weight excluding hydrogens is 420 g/mol. The third-order valence-corrected chi connectivity index (χ3v) is 6.86. The van der Waals surface area contributed by atoms with E-state index in [0.717, 1.165) is 49.4 Å². The fraction of sp³-hybridized carbons (Fsp3) is 0.310. The first-order chi connectivity index (χ1) is 16.7. The second kappa shape index (κ2) is 10.2. The first kappa shape index (κ1) is 22.4. The smallest absolute Gasteiger partial charge is 0.144 e. The van der Waals surface area contributed by atoms with Gasteiger partial charge >= 0.3 is 0 Å². The molecule has 0 saturated carbocycles. The summed E-state index contributed by atoms with van der Waals surface area (Å²) in [5.41, 5.74) is 7.43. The molecule has 0 radical (unpaired) electrons. The number of pyridine rings is 1. The molecule has 3 heterocycles. The normalized spacial score (nSPS) is 19.2. The van der Waals surface area contributed by atoms with Crippen LogP contribution in [0.5, 0.6) is 5.75 Å². The van der Waals surface area contributed by atoms with Crippen molar-refractivity contribution in [3.05, 3.63) is 101 Å².